The van der Waals surface area contributed by atoms with Crippen molar-refractivity contribution in [3.05, 3.63) is 22.6 Å². The van der Waals surface area contributed by atoms with Crippen molar-refractivity contribution in [2.75, 3.05) is 13.2 Å². The molecule has 0 saturated carbocycles. The monoisotopic (exact) mass is 265 g/mol. The zero-order valence-electron chi connectivity index (χ0n) is 12.7. The highest BCUT2D eigenvalue weighted by Crippen LogP contribution is 2.31. The molecule has 1 fully saturated rings. The van der Waals surface area contributed by atoms with E-state index in [1.165, 1.54) is 24.0 Å². The normalized spacial score (nSPS) is 20.9. The van der Waals surface area contributed by atoms with E-state index in [4.69, 9.17) is 9.15 Å². The summed E-state index contributed by atoms with van der Waals surface area (Å²) in [7, 11) is 0. The van der Waals surface area contributed by atoms with Gasteiger partial charge in [0.15, 0.2) is 0 Å². The van der Waals surface area contributed by atoms with Gasteiger partial charge in [0.25, 0.3) is 0 Å². The van der Waals surface area contributed by atoms with E-state index in [0.717, 1.165) is 37.5 Å². The highest BCUT2D eigenvalue weighted by atomic mass is 16.5. The maximum atomic E-state index is 5.77. The average molecular weight is 265 g/mol. The molecule has 0 spiro atoms. The fraction of sp³-hybridized carbons (Fsp3) is 0.750. The van der Waals surface area contributed by atoms with E-state index in [1.54, 1.807) is 0 Å². The third-order valence-electron chi connectivity index (χ3n) is 4.22. The summed E-state index contributed by atoms with van der Waals surface area (Å²) in [5.41, 5.74) is 2.66. The van der Waals surface area contributed by atoms with Crippen LogP contribution in [0.5, 0.6) is 0 Å². The molecule has 0 radical (unpaired) electrons. The molecule has 1 N–H and O–H groups in total. The van der Waals surface area contributed by atoms with Crippen LogP contribution in [0.1, 0.15) is 61.3 Å². The molecule has 1 saturated heterocycles. The van der Waals surface area contributed by atoms with Crippen molar-refractivity contribution < 1.29 is 9.15 Å². The number of aryl methyl sites for hydroxylation is 2. The number of hydrogen-bond acceptors (Lipinski definition) is 3. The van der Waals surface area contributed by atoms with Crippen LogP contribution >= 0.6 is 0 Å². The Balaban J connectivity index is 2.05. The van der Waals surface area contributed by atoms with E-state index in [1.807, 2.05) is 0 Å². The molecule has 1 aromatic rings. The Labute approximate surface area is 116 Å². The van der Waals surface area contributed by atoms with Gasteiger partial charge in [-0.1, -0.05) is 6.92 Å². The zero-order chi connectivity index (χ0) is 13.8. The molecule has 108 valence electrons. The molecule has 3 heteroatoms. The maximum absolute atomic E-state index is 5.77. The minimum atomic E-state index is 0.395. The third-order valence-corrected chi connectivity index (χ3v) is 4.22. The van der Waals surface area contributed by atoms with Gasteiger partial charge in [-0.25, -0.2) is 0 Å². The van der Waals surface area contributed by atoms with Crippen LogP contribution in [-0.4, -0.2) is 19.3 Å². The van der Waals surface area contributed by atoms with E-state index in [2.05, 4.69) is 33.0 Å². The van der Waals surface area contributed by atoms with Crippen LogP contribution < -0.4 is 5.32 Å². The van der Waals surface area contributed by atoms with Gasteiger partial charge in [0, 0.05) is 18.2 Å². The molecule has 2 unspecified atom stereocenters. The molecule has 0 aromatic carbocycles. The molecule has 1 aliphatic heterocycles. The fourth-order valence-electron chi connectivity index (χ4n) is 3.14. The first-order valence-corrected chi connectivity index (χ1v) is 7.55. The third kappa shape index (κ3) is 3.40. The summed E-state index contributed by atoms with van der Waals surface area (Å²) >= 11 is 0. The van der Waals surface area contributed by atoms with E-state index in [-0.39, 0.29) is 0 Å². The summed E-state index contributed by atoms with van der Waals surface area (Å²) in [6, 6.07) is 0.395. The SMILES string of the molecule is CCNC(CCC1CCCO1)c1c(C)oc(C)c1C. The summed E-state index contributed by atoms with van der Waals surface area (Å²) in [4.78, 5) is 0. The molecular weight excluding hydrogens is 238 g/mol. The van der Waals surface area contributed by atoms with Gasteiger partial charge < -0.3 is 14.5 Å². The first-order valence-electron chi connectivity index (χ1n) is 7.55. The second kappa shape index (κ2) is 6.58. The van der Waals surface area contributed by atoms with Crippen molar-refractivity contribution in [3.8, 4) is 0 Å². The number of hydrogen-bond donors (Lipinski definition) is 1. The average Bonchev–Trinajstić information content (AvgIpc) is 2.96. The lowest BCUT2D eigenvalue weighted by molar-refractivity contribution is 0.0995. The lowest BCUT2D eigenvalue weighted by atomic mass is 9.96. The Bertz CT molecular complexity index is 405. The van der Waals surface area contributed by atoms with E-state index >= 15 is 0 Å². The fourth-order valence-corrected chi connectivity index (χ4v) is 3.14. The van der Waals surface area contributed by atoms with Gasteiger partial charge >= 0.3 is 0 Å². The van der Waals surface area contributed by atoms with Crippen LogP contribution in [0.4, 0.5) is 0 Å². The summed E-state index contributed by atoms with van der Waals surface area (Å²) in [5.74, 6) is 2.11. The zero-order valence-corrected chi connectivity index (χ0v) is 12.7. The predicted octanol–water partition coefficient (Wildman–Crippen LogP) is 3.81. The van der Waals surface area contributed by atoms with Crippen molar-refractivity contribution in [1.29, 1.82) is 0 Å². The molecule has 2 atom stereocenters. The molecule has 0 amide bonds. The molecule has 2 heterocycles. The Hall–Kier alpha value is -0.800. The molecule has 3 nitrogen and oxygen atoms in total. The Morgan fingerprint density at radius 3 is 2.58 bits per heavy atom. The van der Waals surface area contributed by atoms with Crippen LogP contribution in [0.3, 0.4) is 0 Å². The van der Waals surface area contributed by atoms with Crippen LogP contribution in [0, 0.1) is 20.8 Å². The van der Waals surface area contributed by atoms with E-state index in [9.17, 15) is 0 Å². The van der Waals surface area contributed by atoms with Crippen molar-refractivity contribution in [3.63, 3.8) is 0 Å². The molecular formula is C16H27NO2. The minimum Gasteiger partial charge on any atom is -0.466 e. The first kappa shape index (κ1) is 14.6. The van der Waals surface area contributed by atoms with E-state index in [0.29, 0.717) is 12.1 Å². The summed E-state index contributed by atoms with van der Waals surface area (Å²) in [6.07, 6.45) is 5.18. The van der Waals surface area contributed by atoms with Crippen molar-refractivity contribution in [2.45, 2.75) is 65.5 Å². The molecule has 19 heavy (non-hydrogen) atoms. The predicted molar refractivity (Wildman–Crippen MR) is 77.5 cm³/mol. The number of rotatable bonds is 6. The summed E-state index contributed by atoms with van der Waals surface area (Å²) in [6.45, 7) is 10.4. The van der Waals surface area contributed by atoms with Gasteiger partial charge in [0.05, 0.1) is 6.10 Å². The number of furan rings is 1. The Kier molecular flexibility index (Phi) is 5.06. The van der Waals surface area contributed by atoms with Gasteiger partial charge in [-0.15, -0.1) is 0 Å². The molecule has 1 aliphatic rings. The van der Waals surface area contributed by atoms with Crippen LogP contribution in [0.15, 0.2) is 4.42 Å². The number of ether oxygens (including phenoxy) is 1. The Morgan fingerprint density at radius 2 is 2.05 bits per heavy atom. The van der Waals surface area contributed by atoms with Gasteiger partial charge in [0.2, 0.25) is 0 Å². The molecule has 2 rings (SSSR count). The van der Waals surface area contributed by atoms with Crippen molar-refractivity contribution in [2.24, 2.45) is 0 Å². The van der Waals surface area contributed by atoms with E-state index < -0.39 is 0 Å². The first-order chi connectivity index (χ1) is 9.13. The maximum Gasteiger partial charge on any atom is 0.106 e. The van der Waals surface area contributed by atoms with Gasteiger partial charge in [-0.2, -0.15) is 0 Å². The second-order valence-electron chi connectivity index (χ2n) is 5.58. The Morgan fingerprint density at radius 1 is 1.26 bits per heavy atom. The van der Waals surface area contributed by atoms with Gasteiger partial charge in [-0.05, 0) is 58.6 Å². The van der Waals surface area contributed by atoms with Crippen molar-refractivity contribution in [1.82, 2.24) is 5.32 Å². The number of nitrogens with one attached hydrogen (secondary N) is 1. The van der Waals surface area contributed by atoms with Crippen LogP contribution in [0.25, 0.3) is 0 Å². The highest BCUT2D eigenvalue weighted by molar-refractivity contribution is 5.34. The second-order valence-corrected chi connectivity index (χ2v) is 5.58. The smallest absolute Gasteiger partial charge is 0.106 e. The lowest BCUT2D eigenvalue weighted by Crippen LogP contribution is -2.23. The molecule has 1 aromatic heterocycles. The lowest BCUT2D eigenvalue weighted by Gasteiger charge is -2.20. The van der Waals surface area contributed by atoms with Gasteiger partial charge in [-0.3, -0.25) is 0 Å². The highest BCUT2D eigenvalue weighted by Gasteiger charge is 2.23. The van der Waals surface area contributed by atoms with Gasteiger partial charge in [0.1, 0.15) is 11.5 Å². The minimum absolute atomic E-state index is 0.395. The standard InChI is InChI=1S/C16H27NO2/c1-5-17-15(9-8-14-7-6-10-18-14)16-11(2)12(3)19-13(16)4/h14-15,17H,5-10H2,1-4H3. The molecule has 0 aliphatic carbocycles. The summed E-state index contributed by atoms with van der Waals surface area (Å²) in [5, 5.41) is 3.60. The quantitative estimate of drug-likeness (QED) is 0.849. The van der Waals surface area contributed by atoms with Crippen LogP contribution in [0.2, 0.25) is 0 Å². The van der Waals surface area contributed by atoms with Crippen LogP contribution in [-0.2, 0) is 4.74 Å². The topological polar surface area (TPSA) is 34.4 Å². The molecule has 0 bridgehead atoms. The summed E-state index contributed by atoms with van der Waals surface area (Å²) < 4.78 is 11.5. The largest absolute Gasteiger partial charge is 0.466 e. The van der Waals surface area contributed by atoms with Crippen molar-refractivity contribution >= 4 is 0 Å².